The van der Waals surface area contributed by atoms with Gasteiger partial charge in [-0.3, -0.25) is 0 Å². The topological polar surface area (TPSA) is 16.2 Å². The summed E-state index contributed by atoms with van der Waals surface area (Å²) < 4.78 is 5.12. The summed E-state index contributed by atoms with van der Waals surface area (Å²) in [5.74, 6) is 0. The molecule has 0 bridgehead atoms. The van der Waals surface area contributed by atoms with Gasteiger partial charge in [0.25, 0.3) is 6.71 Å². The third-order valence-electron chi connectivity index (χ3n) is 19.5. The predicted molar refractivity (Wildman–Crippen MR) is 406 cm³/mol. The van der Waals surface area contributed by atoms with Crippen molar-refractivity contribution in [3.63, 3.8) is 0 Å². The molecule has 0 atom stereocenters. The molecule has 0 saturated heterocycles. The number of para-hydroxylation sites is 7. The van der Waals surface area contributed by atoms with Crippen molar-refractivity contribution >= 4 is 206 Å². The van der Waals surface area contributed by atoms with Crippen molar-refractivity contribution in [1.29, 1.82) is 0 Å². The van der Waals surface area contributed by atoms with E-state index in [1.807, 2.05) is 34.4 Å². The van der Waals surface area contributed by atoms with E-state index in [0.29, 0.717) is 0 Å². The fourth-order valence-corrected chi connectivity index (χ4v) is 19.2. The summed E-state index contributed by atoms with van der Waals surface area (Å²) in [4.78, 5) is 15.2. The number of hydrogen-bond acceptors (Lipinski definition) is 8. The average Bonchev–Trinajstić information content (AvgIpc) is 0.914. The molecule has 20 rings (SSSR count). The summed E-state index contributed by atoms with van der Waals surface area (Å²) in [5, 5.41) is 5.13. The first-order chi connectivity index (χ1) is 46.7. The Morgan fingerprint density at radius 2 is 0.628 bits per heavy atom. The first-order valence-corrected chi connectivity index (χ1v) is 34.6. The zero-order chi connectivity index (χ0) is 61.5. The number of nitrogens with zero attached hydrogens (tertiary/aromatic N) is 5. The van der Waals surface area contributed by atoms with Crippen LogP contribution in [-0.2, 0) is 0 Å². The van der Waals surface area contributed by atoms with Gasteiger partial charge in [-0.25, -0.2) is 0 Å². The van der Waals surface area contributed by atoms with E-state index in [1.165, 1.54) is 106 Å². The van der Waals surface area contributed by atoms with E-state index in [9.17, 15) is 0 Å². The number of thiophene rings is 2. The van der Waals surface area contributed by atoms with Crippen LogP contribution in [0, 0.1) is 0 Å². The third-order valence-corrected chi connectivity index (χ3v) is 23.0. The molecule has 0 fully saturated rings. The van der Waals surface area contributed by atoms with Crippen LogP contribution in [0.3, 0.4) is 0 Å². The van der Waals surface area contributed by atoms with Crippen molar-refractivity contribution in [2.24, 2.45) is 0 Å². The lowest BCUT2D eigenvalue weighted by Crippen LogP contribution is -2.64. The molecular weight excluding hydrogens is 1200 g/mol. The highest BCUT2D eigenvalue weighted by Crippen LogP contribution is 2.54. The van der Waals surface area contributed by atoms with Crippen molar-refractivity contribution < 1.29 is 0 Å². The molecule has 94 heavy (non-hydrogen) atoms. The number of benzene rings is 14. The van der Waals surface area contributed by atoms with Gasteiger partial charge in [0.1, 0.15) is 0 Å². The highest BCUT2D eigenvalue weighted by Gasteiger charge is 2.49. The van der Waals surface area contributed by atoms with Gasteiger partial charge in [0.05, 0.1) is 17.1 Å². The highest BCUT2D eigenvalue weighted by molar-refractivity contribution is 8.00. The molecule has 14 aromatic carbocycles. The molecule has 438 valence electrons. The van der Waals surface area contributed by atoms with Gasteiger partial charge in [-0.15, -0.1) is 22.7 Å². The van der Waals surface area contributed by atoms with Crippen LogP contribution in [0.2, 0.25) is 0 Å². The third kappa shape index (κ3) is 8.10. The Bertz CT molecular complexity index is 5620. The van der Waals surface area contributed by atoms with Crippen molar-refractivity contribution in [1.82, 2.24) is 0 Å². The fraction of sp³-hybridized carbons (Fsp3) is 0. The summed E-state index contributed by atoms with van der Waals surface area (Å²) in [6.07, 6.45) is 0. The summed E-state index contributed by atoms with van der Waals surface area (Å²) >= 11 is 5.71. The Balaban J connectivity index is 0.917. The standard InChI is InChI=1S/C84H53B2N5S3/c1-8-26-54(27-9-1)87(55-28-10-2-11-29-55)61-48-70-81-71(49-61)90(59-36-18-6-19-37-59)83-65(44-46-75-79(83)63-40-22-24-42-73(63)92-75)85(81)67-52-68-77(53-69(67)89(70)58-34-16-5-17-35-58)94-78-51-62(88(56-30-12-3-13-31-56)57-32-14-4-15-33-57)50-72-82(78)86(68)66-45-47-76-80(64-41-23-25-43-74(64)93-76)84(66)91(72)60-38-20-7-21-39-60/h1-53H. The number of hydrogen-bond donors (Lipinski definition) is 0. The quantitative estimate of drug-likeness (QED) is 0.133. The second-order valence-electron chi connectivity index (χ2n) is 24.7. The van der Waals surface area contributed by atoms with Gasteiger partial charge in [-0.2, -0.15) is 0 Å². The summed E-state index contributed by atoms with van der Waals surface area (Å²) in [7, 11) is 0. The molecule has 16 aromatic rings. The molecule has 0 amide bonds. The van der Waals surface area contributed by atoms with E-state index < -0.39 is 0 Å². The Hall–Kier alpha value is -11.0. The van der Waals surface area contributed by atoms with E-state index in [2.05, 4.69) is 346 Å². The molecule has 0 unspecified atom stereocenters. The molecule has 2 aromatic heterocycles. The monoisotopic (exact) mass is 1250 g/mol. The van der Waals surface area contributed by atoms with Crippen molar-refractivity contribution in [2.45, 2.75) is 9.79 Å². The first-order valence-electron chi connectivity index (χ1n) is 32.1. The van der Waals surface area contributed by atoms with Gasteiger partial charge in [0, 0.05) is 118 Å². The SMILES string of the molecule is c1ccc(N(c2ccccc2)c2cc3c4c(c2)N(c2ccccc2)c2c(ccc5sc6ccccc6c25)B4c2cc4c(cc2S3)N(c2ccccc2)c2cc(N(c3ccccc3)c3ccccc3)cc3c2B4c2ccc4sc5ccccc5c4c2N3c2ccccc2)cc1. The van der Waals surface area contributed by atoms with Gasteiger partial charge in [-0.1, -0.05) is 199 Å². The van der Waals surface area contributed by atoms with Crippen LogP contribution in [0.15, 0.2) is 331 Å². The number of anilines is 15. The van der Waals surface area contributed by atoms with Crippen LogP contribution in [0.25, 0.3) is 40.3 Å². The molecular formula is C84H53B2N5S3. The maximum atomic E-state index is 2.68. The van der Waals surface area contributed by atoms with Crippen LogP contribution in [0.4, 0.5) is 85.3 Å². The van der Waals surface area contributed by atoms with Crippen LogP contribution in [0.1, 0.15) is 0 Å². The fourth-order valence-electron chi connectivity index (χ4n) is 15.8. The van der Waals surface area contributed by atoms with E-state index >= 15 is 0 Å². The van der Waals surface area contributed by atoms with Gasteiger partial charge in [0.15, 0.2) is 0 Å². The normalized spacial score (nSPS) is 13.2. The minimum Gasteiger partial charge on any atom is -0.311 e. The second-order valence-corrected chi connectivity index (χ2v) is 27.9. The van der Waals surface area contributed by atoms with Crippen molar-refractivity contribution in [3.05, 3.63) is 322 Å². The van der Waals surface area contributed by atoms with Gasteiger partial charge in [-0.05, 0) is 167 Å². The van der Waals surface area contributed by atoms with Gasteiger partial charge >= 0.3 is 0 Å². The minimum atomic E-state index is -0.176. The van der Waals surface area contributed by atoms with Crippen LogP contribution >= 0.6 is 34.4 Å². The summed E-state index contributed by atoms with van der Waals surface area (Å²) in [6, 6.07) is 120. The molecule has 10 heteroatoms. The average molecular weight is 1250 g/mol. The number of fused-ring (bicyclic) bond motifs is 16. The van der Waals surface area contributed by atoms with Gasteiger partial charge in [0.2, 0.25) is 6.71 Å². The van der Waals surface area contributed by atoms with Crippen molar-refractivity contribution in [2.75, 3.05) is 24.5 Å². The Labute approximate surface area is 558 Å². The summed E-state index contributed by atoms with van der Waals surface area (Å²) in [5.41, 5.74) is 24.8. The predicted octanol–water partition coefficient (Wildman–Crippen LogP) is 20.2. The second kappa shape index (κ2) is 21.3. The van der Waals surface area contributed by atoms with Crippen molar-refractivity contribution in [3.8, 4) is 0 Å². The van der Waals surface area contributed by atoms with E-state index in [-0.39, 0.29) is 13.4 Å². The van der Waals surface area contributed by atoms with E-state index in [0.717, 1.165) is 62.6 Å². The molecule has 0 aliphatic carbocycles. The highest BCUT2D eigenvalue weighted by atomic mass is 32.2. The maximum Gasteiger partial charge on any atom is 0.252 e. The lowest BCUT2D eigenvalue weighted by molar-refractivity contribution is 1.22. The lowest BCUT2D eigenvalue weighted by atomic mass is 9.31. The number of rotatable bonds is 9. The molecule has 0 spiro atoms. The van der Waals surface area contributed by atoms with E-state index in [4.69, 9.17) is 0 Å². The molecule has 0 N–H and O–H groups in total. The van der Waals surface area contributed by atoms with Crippen LogP contribution in [-0.4, -0.2) is 13.4 Å². The largest absolute Gasteiger partial charge is 0.311 e. The Kier molecular flexibility index (Phi) is 12.1. The Morgan fingerprint density at radius 3 is 1.09 bits per heavy atom. The van der Waals surface area contributed by atoms with E-state index in [1.54, 1.807) is 0 Å². The molecule has 6 heterocycles. The van der Waals surface area contributed by atoms with Crippen LogP contribution < -0.4 is 57.3 Å². The molecule has 4 aliphatic rings. The summed E-state index contributed by atoms with van der Waals surface area (Å²) in [6.45, 7) is -0.309. The zero-order valence-corrected chi connectivity index (χ0v) is 53.2. The minimum absolute atomic E-state index is 0.133. The molecule has 5 nitrogen and oxygen atoms in total. The lowest BCUT2D eigenvalue weighted by Gasteiger charge is -2.46. The Morgan fingerprint density at radius 1 is 0.255 bits per heavy atom. The molecule has 0 radical (unpaired) electrons. The zero-order valence-electron chi connectivity index (χ0n) is 50.7. The molecule has 0 saturated carbocycles. The molecule has 4 aliphatic heterocycles. The smallest absolute Gasteiger partial charge is 0.252 e. The maximum absolute atomic E-state index is 2.68. The van der Waals surface area contributed by atoms with Crippen LogP contribution in [0.5, 0.6) is 0 Å². The van der Waals surface area contributed by atoms with Gasteiger partial charge < -0.3 is 24.5 Å². The first kappa shape index (κ1) is 53.6.